The molecule has 0 spiro atoms. The highest BCUT2D eigenvalue weighted by molar-refractivity contribution is 7.99. The number of carbonyl (C=O) groups is 1. The zero-order valence-electron chi connectivity index (χ0n) is 17.6. The van der Waals surface area contributed by atoms with Crippen molar-refractivity contribution in [3.63, 3.8) is 0 Å². The summed E-state index contributed by atoms with van der Waals surface area (Å²) >= 11 is 2.96. The molecule has 0 aliphatic carbocycles. The second-order valence-corrected chi connectivity index (χ2v) is 9.02. The average molecular weight is 450 g/mol. The first-order valence-electron chi connectivity index (χ1n) is 9.91. The highest BCUT2D eigenvalue weighted by atomic mass is 32.2. The van der Waals surface area contributed by atoms with Gasteiger partial charge in [-0.1, -0.05) is 23.9 Å². The predicted octanol–water partition coefficient (Wildman–Crippen LogP) is 4.98. The number of carbonyl (C=O) groups excluding carboxylic acids is 1. The third kappa shape index (κ3) is 4.86. The Kier molecular flexibility index (Phi) is 6.48. The summed E-state index contributed by atoms with van der Waals surface area (Å²) in [4.78, 5) is 25.8. The van der Waals surface area contributed by atoms with Gasteiger partial charge in [-0.3, -0.25) is 14.3 Å². The molecule has 31 heavy (non-hydrogen) atoms. The van der Waals surface area contributed by atoms with Gasteiger partial charge in [0, 0.05) is 35.7 Å². The van der Waals surface area contributed by atoms with E-state index in [0.717, 1.165) is 27.1 Å². The van der Waals surface area contributed by atoms with E-state index >= 15 is 0 Å². The normalized spacial score (nSPS) is 12.0. The highest BCUT2D eigenvalue weighted by Crippen LogP contribution is 2.26. The van der Waals surface area contributed by atoms with Gasteiger partial charge in [-0.25, -0.2) is 9.97 Å². The van der Waals surface area contributed by atoms with Crippen molar-refractivity contribution in [1.82, 2.24) is 24.8 Å². The van der Waals surface area contributed by atoms with E-state index in [1.807, 2.05) is 41.3 Å². The first-order valence-corrected chi connectivity index (χ1v) is 11.8. The summed E-state index contributed by atoms with van der Waals surface area (Å²) in [6, 6.07) is 9.90. The van der Waals surface area contributed by atoms with Crippen LogP contribution in [0.15, 0.2) is 65.7 Å². The third-order valence-electron chi connectivity index (χ3n) is 5.00. The van der Waals surface area contributed by atoms with Crippen molar-refractivity contribution in [3.05, 3.63) is 76.6 Å². The van der Waals surface area contributed by atoms with E-state index in [9.17, 15) is 4.79 Å². The number of amides is 1. The predicted molar refractivity (Wildman–Crippen MR) is 126 cm³/mol. The Morgan fingerprint density at radius 2 is 2.10 bits per heavy atom. The molecule has 0 fully saturated rings. The number of benzene rings is 1. The molecule has 0 radical (unpaired) electrons. The van der Waals surface area contributed by atoms with E-state index in [2.05, 4.69) is 46.2 Å². The Morgan fingerprint density at radius 1 is 1.23 bits per heavy atom. The molecular weight excluding hydrogens is 426 g/mol. The molecule has 3 aromatic heterocycles. The van der Waals surface area contributed by atoms with Crippen LogP contribution >= 0.6 is 23.1 Å². The summed E-state index contributed by atoms with van der Waals surface area (Å²) in [5, 5.41) is 6.69. The number of pyridine rings is 1. The molecule has 1 N–H and O–H groups in total. The first kappa shape index (κ1) is 21.3. The Morgan fingerprint density at radius 3 is 2.90 bits per heavy atom. The molecule has 0 saturated heterocycles. The number of thiazole rings is 1. The minimum Gasteiger partial charge on any atom is -0.346 e. The van der Waals surface area contributed by atoms with Gasteiger partial charge in [-0.2, -0.15) is 0 Å². The molecule has 1 unspecified atom stereocenters. The molecule has 3 heterocycles. The maximum Gasteiger partial charge on any atom is 0.231 e. The summed E-state index contributed by atoms with van der Waals surface area (Å²) in [6.07, 6.45) is 7.22. The maximum atomic E-state index is 12.6. The minimum absolute atomic E-state index is 0.0499. The molecule has 0 aliphatic heterocycles. The molecule has 4 aromatic rings. The number of nitrogens with one attached hydrogen (secondary N) is 1. The maximum absolute atomic E-state index is 12.6. The summed E-state index contributed by atoms with van der Waals surface area (Å²) in [5.74, 6) is 0.235. The number of rotatable bonds is 7. The van der Waals surface area contributed by atoms with E-state index in [1.165, 1.54) is 34.2 Å². The Hall–Kier alpha value is -2.97. The lowest BCUT2D eigenvalue weighted by atomic mass is 10.1. The van der Waals surface area contributed by atoms with Crippen molar-refractivity contribution >= 4 is 29.0 Å². The SMILES string of the molecule is Cc1cccc(-n2ccnc2SCC(=O)NC(C)c2nc(-c3cccnc3)cs2)c1C. The molecule has 1 atom stereocenters. The zero-order valence-corrected chi connectivity index (χ0v) is 19.2. The fourth-order valence-corrected chi connectivity index (χ4v) is 4.80. The van der Waals surface area contributed by atoms with E-state index in [4.69, 9.17) is 0 Å². The van der Waals surface area contributed by atoms with E-state index in [1.54, 1.807) is 18.6 Å². The fourth-order valence-electron chi connectivity index (χ4n) is 3.18. The van der Waals surface area contributed by atoms with Crippen LogP contribution in [0.25, 0.3) is 16.9 Å². The Bertz CT molecular complexity index is 1190. The quantitative estimate of drug-likeness (QED) is 0.403. The molecule has 0 aliphatic rings. The lowest BCUT2D eigenvalue weighted by molar-refractivity contribution is -0.119. The van der Waals surface area contributed by atoms with Crippen LogP contribution in [0.4, 0.5) is 0 Å². The van der Waals surface area contributed by atoms with Gasteiger partial charge >= 0.3 is 0 Å². The lowest BCUT2D eigenvalue weighted by Gasteiger charge is -2.13. The van der Waals surface area contributed by atoms with Gasteiger partial charge < -0.3 is 5.32 Å². The largest absolute Gasteiger partial charge is 0.346 e. The van der Waals surface area contributed by atoms with Crippen molar-refractivity contribution < 1.29 is 4.79 Å². The number of hydrogen-bond acceptors (Lipinski definition) is 6. The number of nitrogens with zero attached hydrogens (tertiary/aromatic N) is 4. The molecule has 1 aromatic carbocycles. The molecule has 6 nitrogen and oxygen atoms in total. The van der Waals surface area contributed by atoms with Crippen molar-refractivity contribution in [1.29, 1.82) is 0 Å². The number of aromatic nitrogens is 4. The van der Waals surface area contributed by atoms with E-state index in [0.29, 0.717) is 0 Å². The van der Waals surface area contributed by atoms with Crippen LogP contribution in [0.1, 0.15) is 29.1 Å². The standard InChI is InChI=1S/C23H23N5OS2/c1-15-6-4-8-20(16(15)2)28-11-10-25-23(28)31-14-21(29)26-17(3)22-27-19(13-30-22)18-7-5-9-24-12-18/h4-13,17H,14H2,1-3H3,(H,26,29). The van der Waals surface area contributed by atoms with Gasteiger partial charge in [0.1, 0.15) is 5.01 Å². The number of aryl methyl sites for hydroxylation is 1. The topological polar surface area (TPSA) is 72.7 Å². The third-order valence-corrected chi connectivity index (χ3v) is 7.00. The Balaban J connectivity index is 1.38. The molecule has 0 bridgehead atoms. The Labute approximate surface area is 189 Å². The van der Waals surface area contributed by atoms with Crippen molar-refractivity contribution in [2.45, 2.75) is 32.0 Å². The fraction of sp³-hybridized carbons (Fsp3) is 0.217. The first-order chi connectivity index (χ1) is 15.0. The number of hydrogen-bond donors (Lipinski definition) is 1. The second kappa shape index (κ2) is 9.45. The van der Waals surface area contributed by atoms with Crippen LogP contribution < -0.4 is 5.32 Å². The van der Waals surface area contributed by atoms with Gasteiger partial charge in [0.25, 0.3) is 0 Å². The van der Waals surface area contributed by atoms with Gasteiger partial charge in [0.15, 0.2) is 5.16 Å². The highest BCUT2D eigenvalue weighted by Gasteiger charge is 2.16. The van der Waals surface area contributed by atoms with E-state index < -0.39 is 0 Å². The van der Waals surface area contributed by atoms with Crippen LogP contribution in [0.3, 0.4) is 0 Å². The monoisotopic (exact) mass is 449 g/mol. The average Bonchev–Trinajstić information content (AvgIpc) is 3.45. The smallest absolute Gasteiger partial charge is 0.231 e. The molecule has 1 amide bonds. The number of thioether (sulfide) groups is 1. The van der Waals surface area contributed by atoms with Crippen LogP contribution in [-0.4, -0.2) is 31.2 Å². The number of imidazole rings is 1. The molecule has 0 saturated carbocycles. The van der Waals surface area contributed by atoms with Crippen LogP contribution in [0.2, 0.25) is 0 Å². The summed E-state index contributed by atoms with van der Waals surface area (Å²) in [6.45, 7) is 6.14. The van der Waals surface area contributed by atoms with Crippen molar-refractivity contribution in [2.75, 3.05) is 5.75 Å². The van der Waals surface area contributed by atoms with Gasteiger partial charge in [-0.15, -0.1) is 11.3 Å². The van der Waals surface area contributed by atoms with Crippen molar-refractivity contribution in [3.8, 4) is 16.9 Å². The molecule has 158 valence electrons. The second-order valence-electron chi connectivity index (χ2n) is 7.19. The molecule has 8 heteroatoms. The van der Waals surface area contributed by atoms with Gasteiger partial charge in [0.2, 0.25) is 5.91 Å². The van der Waals surface area contributed by atoms with Crippen LogP contribution in [-0.2, 0) is 4.79 Å². The molecule has 4 rings (SSSR count). The summed E-state index contributed by atoms with van der Waals surface area (Å²) < 4.78 is 2.03. The summed E-state index contributed by atoms with van der Waals surface area (Å²) in [5.41, 5.74) is 5.35. The van der Waals surface area contributed by atoms with Crippen molar-refractivity contribution in [2.24, 2.45) is 0 Å². The lowest BCUT2D eigenvalue weighted by Crippen LogP contribution is -2.28. The van der Waals surface area contributed by atoms with Gasteiger partial charge in [-0.05, 0) is 50.1 Å². The van der Waals surface area contributed by atoms with Gasteiger partial charge in [0.05, 0.1) is 23.2 Å². The minimum atomic E-state index is -0.165. The zero-order chi connectivity index (χ0) is 21.8. The summed E-state index contributed by atoms with van der Waals surface area (Å²) in [7, 11) is 0. The van der Waals surface area contributed by atoms with Crippen LogP contribution in [0, 0.1) is 13.8 Å². The van der Waals surface area contributed by atoms with E-state index in [-0.39, 0.29) is 17.7 Å². The molecular formula is C23H23N5OS2. The van der Waals surface area contributed by atoms with Crippen LogP contribution in [0.5, 0.6) is 0 Å².